The lowest BCUT2D eigenvalue weighted by Gasteiger charge is -2.20. The lowest BCUT2D eigenvalue weighted by atomic mass is 10.0. The number of nitro groups is 1. The molecule has 0 saturated carbocycles. The van der Waals surface area contributed by atoms with Gasteiger partial charge in [-0.05, 0) is 28.0 Å². The molecule has 0 aliphatic carbocycles. The number of rotatable bonds is 4. The van der Waals surface area contributed by atoms with Crippen LogP contribution in [0.4, 0.5) is 11.5 Å². The first-order valence-corrected chi connectivity index (χ1v) is 6.77. The third-order valence-electron chi connectivity index (χ3n) is 3.51. The minimum atomic E-state index is -0.505. The number of hydrogen-bond donors (Lipinski definition) is 1. The van der Waals surface area contributed by atoms with Crippen LogP contribution in [0.5, 0.6) is 0 Å². The normalized spacial score (nSPS) is 21.1. The fourth-order valence-corrected chi connectivity index (χ4v) is 2.50. The molecule has 1 aromatic heterocycles. The van der Waals surface area contributed by atoms with Gasteiger partial charge in [-0.15, -0.1) is 0 Å². The molecule has 6 heteroatoms. The van der Waals surface area contributed by atoms with E-state index in [1.807, 2.05) is 30.3 Å². The first-order chi connectivity index (χ1) is 10.2. The smallest absolute Gasteiger partial charge is 0.363 e. The van der Waals surface area contributed by atoms with Crippen molar-refractivity contribution in [3.05, 3.63) is 64.3 Å². The molecule has 1 fully saturated rings. The topological polar surface area (TPSA) is 77.3 Å². The highest BCUT2D eigenvalue weighted by atomic mass is 16.6. The van der Waals surface area contributed by atoms with Crippen molar-refractivity contribution in [3.63, 3.8) is 0 Å². The van der Waals surface area contributed by atoms with Crippen molar-refractivity contribution in [3.8, 4) is 0 Å². The molecule has 1 N–H and O–H groups in total. The van der Waals surface area contributed by atoms with Gasteiger partial charge in [0.1, 0.15) is 6.10 Å². The van der Waals surface area contributed by atoms with Crippen molar-refractivity contribution in [1.82, 2.24) is 4.98 Å². The zero-order chi connectivity index (χ0) is 14.7. The monoisotopic (exact) mass is 285 g/mol. The lowest BCUT2D eigenvalue weighted by Crippen LogP contribution is -2.23. The molecule has 21 heavy (non-hydrogen) atoms. The first-order valence-electron chi connectivity index (χ1n) is 6.77. The molecule has 0 amide bonds. The van der Waals surface area contributed by atoms with Crippen molar-refractivity contribution < 1.29 is 9.66 Å². The molecule has 1 aliphatic rings. The Bertz CT molecular complexity index is 616. The minimum absolute atomic E-state index is 0.0126. The largest absolute Gasteiger partial charge is 0.376 e. The third-order valence-corrected chi connectivity index (χ3v) is 3.51. The van der Waals surface area contributed by atoms with Gasteiger partial charge in [-0.3, -0.25) is 0 Å². The fraction of sp³-hybridized carbons (Fsp3) is 0.267. The Morgan fingerprint density at radius 3 is 2.71 bits per heavy atom. The van der Waals surface area contributed by atoms with Gasteiger partial charge in [0.15, 0.2) is 6.20 Å². The summed E-state index contributed by atoms with van der Waals surface area (Å²) in [5, 5.41) is 13.9. The van der Waals surface area contributed by atoms with E-state index < -0.39 is 4.92 Å². The van der Waals surface area contributed by atoms with Gasteiger partial charge in [-0.1, -0.05) is 30.3 Å². The predicted octanol–water partition coefficient (Wildman–Crippen LogP) is 2.93. The summed E-state index contributed by atoms with van der Waals surface area (Å²) in [4.78, 5) is 13.9. The zero-order valence-corrected chi connectivity index (χ0v) is 11.3. The second-order valence-electron chi connectivity index (χ2n) is 4.90. The Morgan fingerprint density at radius 1 is 1.24 bits per heavy atom. The Morgan fingerprint density at radius 2 is 2.05 bits per heavy atom. The van der Waals surface area contributed by atoms with Crippen LogP contribution in [-0.2, 0) is 4.74 Å². The molecule has 2 atom stereocenters. The van der Waals surface area contributed by atoms with Crippen LogP contribution in [0.2, 0.25) is 0 Å². The molecule has 108 valence electrons. The first kappa shape index (κ1) is 13.5. The van der Waals surface area contributed by atoms with Crippen molar-refractivity contribution >= 4 is 11.5 Å². The molecular weight excluding hydrogens is 270 g/mol. The Hall–Kier alpha value is -2.47. The minimum Gasteiger partial charge on any atom is -0.376 e. The summed E-state index contributed by atoms with van der Waals surface area (Å²) in [5.41, 5.74) is 1.89. The molecule has 3 rings (SSSR count). The van der Waals surface area contributed by atoms with Crippen LogP contribution in [0.25, 0.3) is 0 Å². The number of ether oxygens (including phenoxy) is 1. The summed E-state index contributed by atoms with van der Waals surface area (Å²) in [5.74, 6) is -0.150. The van der Waals surface area contributed by atoms with E-state index in [0.717, 1.165) is 17.7 Å². The molecule has 0 radical (unpaired) electrons. The predicted molar refractivity (Wildman–Crippen MR) is 78.1 cm³/mol. The van der Waals surface area contributed by atoms with Crippen molar-refractivity contribution in [2.45, 2.75) is 18.6 Å². The van der Waals surface area contributed by atoms with Crippen LogP contribution in [0.1, 0.15) is 18.1 Å². The Balaban J connectivity index is 1.73. The van der Waals surface area contributed by atoms with Gasteiger partial charge in [-0.25, -0.2) is 0 Å². The van der Waals surface area contributed by atoms with E-state index in [9.17, 15) is 10.1 Å². The fourth-order valence-electron chi connectivity index (χ4n) is 2.50. The number of aromatic nitrogens is 1. The van der Waals surface area contributed by atoms with E-state index in [-0.39, 0.29) is 18.0 Å². The number of nitrogens with zero attached hydrogens (tertiary/aromatic N) is 2. The molecule has 2 heterocycles. The van der Waals surface area contributed by atoms with Crippen LogP contribution < -0.4 is 5.32 Å². The summed E-state index contributed by atoms with van der Waals surface area (Å²) in [6.07, 6.45) is 2.36. The van der Waals surface area contributed by atoms with Gasteiger partial charge in [0, 0.05) is 12.7 Å². The maximum atomic E-state index is 10.6. The van der Waals surface area contributed by atoms with Gasteiger partial charge in [0.05, 0.1) is 11.7 Å². The van der Waals surface area contributed by atoms with Gasteiger partial charge in [0.2, 0.25) is 0 Å². The Labute approximate surface area is 121 Å². The molecule has 2 aromatic rings. The van der Waals surface area contributed by atoms with E-state index in [2.05, 4.69) is 10.3 Å². The second kappa shape index (κ2) is 5.88. The Kier molecular flexibility index (Phi) is 3.79. The van der Waals surface area contributed by atoms with Crippen LogP contribution in [0.15, 0.2) is 48.7 Å². The van der Waals surface area contributed by atoms with E-state index in [0.29, 0.717) is 6.61 Å². The molecule has 1 saturated heterocycles. The molecule has 1 aromatic carbocycles. The average Bonchev–Trinajstić information content (AvgIpc) is 2.97. The molecule has 6 nitrogen and oxygen atoms in total. The standard InChI is InChI=1S/C15H15N3O3/c19-18(20)14-7-6-12(10-16-14)17-13-8-9-21-15(13)11-4-2-1-3-5-11/h1-7,10,13,15,17H,8-9H2/t13-,15+/m1/s1. The average molecular weight is 285 g/mol. The second-order valence-corrected chi connectivity index (χ2v) is 4.90. The molecule has 0 bridgehead atoms. The molecule has 0 spiro atoms. The molecule has 1 aliphatic heterocycles. The zero-order valence-electron chi connectivity index (χ0n) is 11.3. The SMILES string of the molecule is O=[N+]([O-])c1ccc(N[C@@H]2CCO[C@H]2c2ccccc2)cn1. The van der Waals surface area contributed by atoms with Crippen LogP contribution >= 0.6 is 0 Å². The number of pyridine rings is 1. The summed E-state index contributed by atoms with van der Waals surface area (Å²) in [6.45, 7) is 0.692. The summed E-state index contributed by atoms with van der Waals surface area (Å²) >= 11 is 0. The van der Waals surface area contributed by atoms with Gasteiger partial charge >= 0.3 is 5.82 Å². The summed E-state index contributed by atoms with van der Waals surface area (Å²) in [7, 11) is 0. The number of nitrogens with one attached hydrogen (secondary N) is 1. The maximum Gasteiger partial charge on any atom is 0.363 e. The number of hydrogen-bond acceptors (Lipinski definition) is 5. The highest BCUT2D eigenvalue weighted by Crippen LogP contribution is 2.31. The molecule has 0 unspecified atom stereocenters. The van der Waals surface area contributed by atoms with Crippen molar-refractivity contribution in [2.75, 3.05) is 11.9 Å². The summed E-state index contributed by atoms with van der Waals surface area (Å²) < 4.78 is 5.79. The van der Waals surface area contributed by atoms with Crippen LogP contribution in [0.3, 0.4) is 0 Å². The van der Waals surface area contributed by atoms with Gasteiger partial charge in [-0.2, -0.15) is 0 Å². The maximum absolute atomic E-state index is 10.6. The van der Waals surface area contributed by atoms with Crippen molar-refractivity contribution in [1.29, 1.82) is 0 Å². The highest BCUT2D eigenvalue weighted by Gasteiger charge is 2.29. The van der Waals surface area contributed by atoms with Gasteiger partial charge < -0.3 is 20.2 Å². The van der Waals surface area contributed by atoms with E-state index in [4.69, 9.17) is 4.74 Å². The van der Waals surface area contributed by atoms with E-state index >= 15 is 0 Å². The number of anilines is 1. The highest BCUT2D eigenvalue weighted by molar-refractivity contribution is 5.45. The van der Waals surface area contributed by atoms with E-state index in [1.165, 1.54) is 12.3 Å². The van der Waals surface area contributed by atoms with Crippen LogP contribution in [0, 0.1) is 10.1 Å². The number of benzene rings is 1. The van der Waals surface area contributed by atoms with Gasteiger partial charge in [0.25, 0.3) is 0 Å². The summed E-state index contributed by atoms with van der Waals surface area (Å²) in [6, 6.07) is 13.2. The third kappa shape index (κ3) is 3.00. The quantitative estimate of drug-likeness (QED) is 0.690. The molecular formula is C15H15N3O3. The van der Waals surface area contributed by atoms with Crippen molar-refractivity contribution in [2.24, 2.45) is 0 Å². The van der Waals surface area contributed by atoms with E-state index in [1.54, 1.807) is 6.07 Å². The lowest BCUT2D eigenvalue weighted by molar-refractivity contribution is -0.389. The van der Waals surface area contributed by atoms with Crippen LogP contribution in [-0.4, -0.2) is 22.6 Å².